The summed E-state index contributed by atoms with van der Waals surface area (Å²) in [6.07, 6.45) is 1.16. The van der Waals surface area contributed by atoms with Crippen LogP contribution in [0.2, 0.25) is 0 Å². The summed E-state index contributed by atoms with van der Waals surface area (Å²) in [5.41, 5.74) is -0.560. The lowest BCUT2D eigenvalue weighted by Gasteiger charge is -2.32. The monoisotopic (exact) mass is 310 g/mol. The molecule has 0 bridgehead atoms. The van der Waals surface area contributed by atoms with Gasteiger partial charge in [-0.3, -0.25) is 0 Å². The fraction of sp³-hybridized carbons (Fsp3) is 0.158. The van der Waals surface area contributed by atoms with E-state index in [9.17, 15) is 14.7 Å². The first-order valence-electron chi connectivity index (χ1n) is 7.22. The number of carbonyl (C=O) groups is 2. The molecule has 0 aliphatic carbocycles. The number of aliphatic carboxylic acids is 1. The minimum absolute atomic E-state index is 0.288. The van der Waals surface area contributed by atoms with Crippen molar-refractivity contribution in [3.05, 3.63) is 84.4 Å². The summed E-state index contributed by atoms with van der Waals surface area (Å²) in [5.74, 6) is -1.21. The molecule has 0 radical (unpaired) electrons. The number of carboxylic acids is 1. The highest BCUT2D eigenvalue weighted by Gasteiger charge is 2.43. The zero-order valence-corrected chi connectivity index (χ0v) is 12.6. The minimum atomic E-state index is -1.75. The molecule has 0 aliphatic heterocycles. The molecule has 2 rings (SSSR count). The molecule has 0 heterocycles. The van der Waals surface area contributed by atoms with E-state index in [-0.39, 0.29) is 6.42 Å². The van der Waals surface area contributed by atoms with E-state index in [2.05, 4.69) is 6.58 Å². The predicted molar refractivity (Wildman–Crippen MR) is 86.9 cm³/mol. The Morgan fingerprint density at radius 3 is 2.17 bits per heavy atom. The molecule has 0 amide bonds. The Morgan fingerprint density at radius 2 is 1.70 bits per heavy atom. The van der Waals surface area contributed by atoms with Crippen LogP contribution in [0.25, 0.3) is 0 Å². The van der Waals surface area contributed by atoms with Gasteiger partial charge in [-0.05, 0) is 11.1 Å². The van der Waals surface area contributed by atoms with Crippen molar-refractivity contribution < 1.29 is 19.4 Å². The number of hydrogen-bond acceptors (Lipinski definition) is 3. The summed E-state index contributed by atoms with van der Waals surface area (Å²) in [6, 6.07) is 17.7. The Labute approximate surface area is 135 Å². The Bertz CT molecular complexity index is 666. The molecule has 118 valence electrons. The van der Waals surface area contributed by atoms with Gasteiger partial charge in [0.1, 0.15) is 12.4 Å². The number of rotatable bonds is 8. The SMILES string of the molecule is C=CC(OC(CC=O)(C(=O)O)c1ccccc1)c1ccccc1. The summed E-state index contributed by atoms with van der Waals surface area (Å²) < 4.78 is 5.91. The fourth-order valence-electron chi connectivity index (χ4n) is 2.43. The third-order valence-electron chi connectivity index (χ3n) is 3.63. The molecule has 0 aromatic heterocycles. The lowest BCUT2D eigenvalue weighted by atomic mass is 9.90. The van der Waals surface area contributed by atoms with Crippen LogP contribution in [-0.4, -0.2) is 17.4 Å². The van der Waals surface area contributed by atoms with Gasteiger partial charge < -0.3 is 14.6 Å². The smallest absolute Gasteiger partial charge is 0.341 e. The number of ether oxygens (including phenoxy) is 1. The van der Waals surface area contributed by atoms with Gasteiger partial charge in [-0.15, -0.1) is 6.58 Å². The summed E-state index contributed by atoms with van der Waals surface area (Å²) in [4.78, 5) is 23.1. The zero-order chi connectivity index (χ0) is 16.7. The van der Waals surface area contributed by atoms with Crippen molar-refractivity contribution in [1.82, 2.24) is 0 Å². The first-order valence-corrected chi connectivity index (χ1v) is 7.22. The van der Waals surface area contributed by atoms with Gasteiger partial charge in [0.15, 0.2) is 5.60 Å². The lowest BCUT2D eigenvalue weighted by Crippen LogP contribution is -2.40. The molecule has 0 saturated heterocycles. The number of carboxylic acid groups (broad SMARTS) is 1. The van der Waals surface area contributed by atoms with Crippen LogP contribution < -0.4 is 0 Å². The second-order valence-corrected chi connectivity index (χ2v) is 5.05. The molecular weight excluding hydrogens is 292 g/mol. The highest BCUT2D eigenvalue weighted by atomic mass is 16.5. The molecule has 2 aromatic rings. The average molecular weight is 310 g/mol. The average Bonchev–Trinajstić information content (AvgIpc) is 2.60. The first kappa shape index (κ1) is 16.6. The van der Waals surface area contributed by atoms with Gasteiger partial charge >= 0.3 is 5.97 Å². The van der Waals surface area contributed by atoms with Crippen molar-refractivity contribution in [1.29, 1.82) is 0 Å². The lowest BCUT2D eigenvalue weighted by molar-refractivity contribution is -0.175. The molecule has 0 saturated carbocycles. The van der Waals surface area contributed by atoms with E-state index in [0.29, 0.717) is 11.8 Å². The van der Waals surface area contributed by atoms with E-state index < -0.39 is 17.7 Å². The Morgan fingerprint density at radius 1 is 1.13 bits per heavy atom. The quantitative estimate of drug-likeness (QED) is 0.599. The van der Waals surface area contributed by atoms with E-state index in [4.69, 9.17) is 4.74 Å². The van der Waals surface area contributed by atoms with E-state index >= 15 is 0 Å². The van der Waals surface area contributed by atoms with Crippen molar-refractivity contribution in [3.63, 3.8) is 0 Å². The van der Waals surface area contributed by atoms with Gasteiger partial charge in [0.05, 0.1) is 0 Å². The molecule has 1 N–H and O–H groups in total. The van der Waals surface area contributed by atoms with Crippen LogP contribution in [0.5, 0.6) is 0 Å². The Kier molecular flexibility index (Phi) is 5.44. The van der Waals surface area contributed by atoms with Crippen molar-refractivity contribution in [3.8, 4) is 0 Å². The highest BCUT2D eigenvalue weighted by molar-refractivity contribution is 5.82. The second-order valence-electron chi connectivity index (χ2n) is 5.05. The summed E-state index contributed by atoms with van der Waals surface area (Å²) in [5, 5.41) is 9.78. The zero-order valence-electron chi connectivity index (χ0n) is 12.6. The maximum absolute atomic E-state index is 12.0. The number of carbonyl (C=O) groups excluding carboxylic acids is 1. The number of aldehydes is 1. The third kappa shape index (κ3) is 3.55. The Hall–Kier alpha value is -2.72. The van der Waals surface area contributed by atoms with E-state index in [0.717, 1.165) is 5.56 Å². The molecular formula is C19H18O4. The second kappa shape index (κ2) is 7.51. The normalized spacial score (nSPS) is 14.4. The van der Waals surface area contributed by atoms with Crippen LogP contribution in [-0.2, 0) is 19.9 Å². The van der Waals surface area contributed by atoms with Gasteiger partial charge in [0.25, 0.3) is 0 Å². The summed E-state index contributed by atoms with van der Waals surface area (Å²) in [7, 11) is 0. The van der Waals surface area contributed by atoms with Crippen molar-refractivity contribution >= 4 is 12.3 Å². The van der Waals surface area contributed by atoms with E-state index in [1.807, 2.05) is 30.3 Å². The van der Waals surface area contributed by atoms with Crippen LogP contribution in [0.15, 0.2) is 73.3 Å². The number of benzene rings is 2. The van der Waals surface area contributed by atoms with Crippen LogP contribution in [0, 0.1) is 0 Å². The van der Waals surface area contributed by atoms with Gasteiger partial charge in [0.2, 0.25) is 0 Å². The van der Waals surface area contributed by atoms with Crippen LogP contribution in [0.3, 0.4) is 0 Å². The molecule has 0 aliphatic rings. The van der Waals surface area contributed by atoms with Gasteiger partial charge in [-0.2, -0.15) is 0 Å². The molecule has 23 heavy (non-hydrogen) atoms. The Balaban J connectivity index is 2.47. The fourth-order valence-corrected chi connectivity index (χ4v) is 2.43. The van der Waals surface area contributed by atoms with E-state index in [1.54, 1.807) is 30.3 Å². The maximum atomic E-state index is 12.0. The van der Waals surface area contributed by atoms with Crippen LogP contribution in [0.1, 0.15) is 23.7 Å². The number of hydrogen-bond donors (Lipinski definition) is 1. The maximum Gasteiger partial charge on any atom is 0.341 e. The van der Waals surface area contributed by atoms with Gasteiger partial charge in [-0.1, -0.05) is 66.7 Å². The first-order chi connectivity index (χ1) is 11.1. The molecule has 0 fully saturated rings. The topological polar surface area (TPSA) is 63.6 Å². The standard InChI is InChI=1S/C19H18O4/c1-2-17(15-9-5-3-6-10-15)23-19(13-14-20,18(21)22)16-11-7-4-8-12-16/h2-12,14,17H,1,13H2,(H,21,22). The van der Waals surface area contributed by atoms with Crippen LogP contribution >= 0.6 is 0 Å². The summed E-state index contributed by atoms with van der Waals surface area (Å²) >= 11 is 0. The largest absolute Gasteiger partial charge is 0.479 e. The third-order valence-corrected chi connectivity index (χ3v) is 3.63. The van der Waals surface area contributed by atoms with Gasteiger partial charge in [-0.25, -0.2) is 4.79 Å². The molecule has 2 aromatic carbocycles. The molecule has 2 unspecified atom stereocenters. The van der Waals surface area contributed by atoms with Crippen LogP contribution in [0.4, 0.5) is 0 Å². The van der Waals surface area contributed by atoms with Crippen molar-refractivity contribution in [2.45, 2.75) is 18.1 Å². The van der Waals surface area contributed by atoms with Crippen molar-refractivity contribution in [2.24, 2.45) is 0 Å². The van der Waals surface area contributed by atoms with Crippen molar-refractivity contribution in [2.75, 3.05) is 0 Å². The minimum Gasteiger partial charge on any atom is -0.479 e. The van der Waals surface area contributed by atoms with E-state index in [1.165, 1.54) is 6.08 Å². The predicted octanol–water partition coefficient (Wildman–Crippen LogP) is 3.50. The highest BCUT2D eigenvalue weighted by Crippen LogP contribution is 2.35. The van der Waals surface area contributed by atoms with Gasteiger partial charge in [0, 0.05) is 6.42 Å². The molecule has 4 nitrogen and oxygen atoms in total. The summed E-state index contributed by atoms with van der Waals surface area (Å²) in [6.45, 7) is 3.73. The molecule has 4 heteroatoms. The molecule has 0 spiro atoms. The molecule has 2 atom stereocenters.